The number of alkyl halides is 2. The summed E-state index contributed by atoms with van der Waals surface area (Å²) in [6.45, 7) is 5.97. The Morgan fingerprint density at radius 3 is 2.41 bits per heavy atom. The summed E-state index contributed by atoms with van der Waals surface area (Å²) in [6, 6.07) is 10.1. The van der Waals surface area contributed by atoms with E-state index in [-0.39, 0.29) is 0 Å². The lowest BCUT2D eigenvalue weighted by atomic mass is 9.85. The Kier molecular flexibility index (Phi) is 4.97. The second kappa shape index (κ2) is 7.21. The second-order valence-electron chi connectivity index (χ2n) is 8.34. The van der Waals surface area contributed by atoms with Gasteiger partial charge in [-0.15, -0.1) is 0 Å². The van der Waals surface area contributed by atoms with Crippen LogP contribution in [0, 0.1) is 13.8 Å². The van der Waals surface area contributed by atoms with E-state index in [0.29, 0.717) is 11.5 Å². The Bertz CT molecular complexity index is 963. The molecule has 2 aromatic rings. The monoisotopic (exact) mass is 400 g/mol. The Balaban J connectivity index is 1.89. The largest absolute Gasteiger partial charge is 0.479 e. The van der Waals surface area contributed by atoms with E-state index in [4.69, 9.17) is 4.74 Å². The van der Waals surface area contributed by atoms with Crippen LogP contribution in [0.2, 0.25) is 0 Å². The molecule has 2 aliphatic carbocycles. The second-order valence-corrected chi connectivity index (χ2v) is 8.34. The van der Waals surface area contributed by atoms with Crippen LogP contribution in [-0.4, -0.2) is 23.1 Å². The summed E-state index contributed by atoms with van der Waals surface area (Å²) in [5.41, 5.74) is 6.51. The van der Waals surface area contributed by atoms with Crippen LogP contribution in [0.1, 0.15) is 66.0 Å². The summed E-state index contributed by atoms with van der Waals surface area (Å²) in [4.78, 5) is 12.1. The van der Waals surface area contributed by atoms with Crippen LogP contribution in [-0.2, 0) is 16.0 Å². The summed E-state index contributed by atoms with van der Waals surface area (Å²) >= 11 is 0. The number of ether oxygens (including phenoxy) is 1. The van der Waals surface area contributed by atoms with Crippen molar-refractivity contribution in [3.05, 3.63) is 58.1 Å². The average molecular weight is 400 g/mol. The highest BCUT2D eigenvalue weighted by Crippen LogP contribution is 2.50. The predicted molar refractivity (Wildman–Crippen MR) is 108 cm³/mol. The number of benzene rings is 2. The molecule has 5 heteroatoms. The molecule has 2 aromatic carbocycles. The summed E-state index contributed by atoms with van der Waals surface area (Å²) in [5, 5.41) is 9.89. The van der Waals surface area contributed by atoms with Crippen molar-refractivity contribution < 1.29 is 23.4 Å². The SMILES string of the molecule is CCc1cc(-c2c(C3CC3)ccc(C)c2C(OC2CC2(F)F)C(=O)O)ccc1C. The zero-order valence-corrected chi connectivity index (χ0v) is 17.0. The highest BCUT2D eigenvalue weighted by molar-refractivity contribution is 5.83. The van der Waals surface area contributed by atoms with Crippen molar-refractivity contribution in [1.82, 2.24) is 0 Å². The van der Waals surface area contributed by atoms with Crippen molar-refractivity contribution >= 4 is 5.97 Å². The molecule has 4 rings (SSSR count). The summed E-state index contributed by atoms with van der Waals surface area (Å²) in [7, 11) is 0. The Labute approximate surface area is 169 Å². The minimum absolute atomic E-state index is 0.382. The predicted octanol–water partition coefficient (Wildman–Crippen LogP) is 5.96. The molecule has 2 aliphatic rings. The van der Waals surface area contributed by atoms with E-state index in [1.165, 1.54) is 11.1 Å². The summed E-state index contributed by atoms with van der Waals surface area (Å²) in [5.74, 6) is -3.78. The molecule has 0 aliphatic heterocycles. The molecule has 0 saturated heterocycles. The first kappa shape index (κ1) is 20.0. The van der Waals surface area contributed by atoms with Crippen LogP contribution in [0.25, 0.3) is 11.1 Å². The molecule has 154 valence electrons. The Morgan fingerprint density at radius 2 is 1.86 bits per heavy atom. The molecule has 0 spiro atoms. The lowest BCUT2D eigenvalue weighted by molar-refractivity contribution is -0.154. The molecular weight excluding hydrogens is 374 g/mol. The van der Waals surface area contributed by atoms with Crippen molar-refractivity contribution in [2.24, 2.45) is 0 Å². The van der Waals surface area contributed by atoms with Crippen molar-refractivity contribution in [3.63, 3.8) is 0 Å². The minimum atomic E-state index is -2.94. The number of hydrogen-bond donors (Lipinski definition) is 1. The van der Waals surface area contributed by atoms with Gasteiger partial charge < -0.3 is 9.84 Å². The molecule has 0 radical (unpaired) electrons. The Morgan fingerprint density at radius 1 is 1.21 bits per heavy atom. The lowest BCUT2D eigenvalue weighted by Gasteiger charge is -2.23. The molecule has 0 bridgehead atoms. The highest BCUT2D eigenvalue weighted by atomic mass is 19.3. The number of carboxylic acid groups (broad SMARTS) is 1. The first-order valence-corrected chi connectivity index (χ1v) is 10.2. The van der Waals surface area contributed by atoms with Gasteiger partial charge in [0.05, 0.1) is 0 Å². The minimum Gasteiger partial charge on any atom is -0.479 e. The van der Waals surface area contributed by atoms with Crippen molar-refractivity contribution in [3.8, 4) is 11.1 Å². The van der Waals surface area contributed by atoms with E-state index in [2.05, 4.69) is 26.0 Å². The van der Waals surface area contributed by atoms with Crippen LogP contribution in [0.5, 0.6) is 0 Å². The van der Waals surface area contributed by atoms with Gasteiger partial charge in [-0.3, -0.25) is 0 Å². The molecule has 0 heterocycles. The van der Waals surface area contributed by atoms with E-state index in [1.54, 1.807) is 0 Å². The third kappa shape index (κ3) is 3.80. The molecule has 1 N–H and O–H groups in total. The average Bonchev–Trinajstić information content (AvgIpc) is 3.58. The van der Waals surface area contributed by atoms with Gasteiger partial charge in [0.2, 0.25) is 0 Å². The van der Waals surface area contributed by atoms with Gasteiger partial charge in [-0.05, 0) is 72.4 Å². The van der Waals surface area contributed by atoms with E-state index in [1.807, 2.05) is 25.1 Å². The highest BCUT2D eigenvalue weighted by Gasteiger charge is 2.60. The molecule has 0 amide bonds. The van der Waals surface area contributed by atoms with Crippen LogP contribution < -0.4 is 0 Å². The zero-order valence-electron chi connectivity index (χ0n) is 17.0. The number of carbonyl (C=O) groups is 1. The smallest absolute Gasteiger partial charge is 0.337 e. The van der Waals surface area contributed by atoms with Crippen molar-refractivity contribution in [2.45, 2.75) is 70.5 Å². The van der Waals surface area contributed by atoms with Gasteiger partial charge in [-0.2, -0.15) is 0 Å². The van der Waals surface area contributed by atoms with Crippen LogP contribution in [0.3, 0.4) is 0 Å². The maximum atomic E-state index is 13.5. The lowest BCUT2D eigenvalue weighted by Crippen LogP contribution is -2.21. The number of rotatable bonds is 7. The molecule has 3 nitrogen and oxygen atoms in total. The number of aliphatic carboxylic acids is 1. The van der Waals surface area contributed by atoms with Gasteiger partial charge in [-0.1, -0.05) is 37.3 Å². The molecule has 29 heavy (non-hydrogen) atoms. The van der Waals surface area contributed by atoms with Gasteiger partial charge in [0.25, 0.3) is 5.92 Å². The summed E-state index contributed by atoms with van der Waals surface area (Å²) < 4.78 is 32.5. The van der Waals surface area contributed by atoms with Crippen molar-refractivity contribution in [2.75, 3.05) is 0 Å². The number of halogens is 2. The van der Waals surface area contributed by atoms with Gasteiger partial charge in [0.15, 0.2) is 6.10 Å². The number of aryl methyl sites for hydroxylation is 3. The van der Waals surface area contributed by atoms with Gasteiger partial charge in [-0.25, -0.2) is 13.6 Å². The van der Waals surface area contributed by atoms with Crippen molar-refractivity contribution in [1.29, 1.82) is 0 Å². The summed E-state index contributed by atoms with van der Waals surface area (Å²) in [6.07, 6.45) is -0.175. The van der Waals surface area contributed by atoms with E-state index in [9.17, 15) is 18.7 Å². The maximum absolute atomic E-state index is 13.5. The first-order valence-electron chi connectivity index (χ1n) is 10.2. The fourth-order valence-corrected chi connectivity index (χ4v) is 4.09. The number of hydrogen-bond acceptors (Lipinski definition) is 2. The maximum Gasteiger partial charge on any atom is 0.337 e. The van der Waals surface area contributed by atoms with E-state index in [0.717, 1.165) is 41.5 Å². The van der Waals surface area contributed by atoms with Crippen LogP contribution in [0.4, 0.5) is 8.78 Å². The molecule has 2 fully saturated rings. The van der Waals surface area contributed by atoms with E-state index < -0.39 is 30.5 Å². The molecular formula is C24H26F2O3. The fourth-order valence-electron chi connectivity index (χ4n) is 4.09. The van der Waals surface area contributed by atoms with Gasteiger partial charge in [0.1, 0.15) is 6.10 Å². The topological polar surface area (TPSA) is 46.5 Å². The molecule has 2 atom stereocenters. The van der Waals surface area contributed by atoms with Crippen LogP contribution in [0.15, 0.2) is 30.3 Å². The first-order chi connectivity index (χ1) is 13.7. The standard InChI is InChI=1S/C24H26F2O3/c1-4-15-11-17(7-5-13(15)2)21-18(16-8-9-16)10-6-14(3)20(21)22(23(27)28)29-19-12-24(19,25)26/h5-7,10-11,16,19,22H,4,8-9,12H2,1-3H3,(H,27,28). The third-order valence-corrected chi connectivity index (χ3v) is 6.09. The molecule has 2 unspecified atom stereocenters. The number of carboxylic acids is 1. The van der Waals surface area contributed by atoms with E-state index >= 15 is 0 Å². The Hall–Kier alpha value is -2.27. The fraction of sp³-hybridized carbons (Fsp3) is 0.458. The molecule has 0 aromatic heterocycles. The van der Waals surface area contributed by atoms with Gasteiger partial charge >= 0.3 is 5.97 Å². The zero-order chi connectivity index (χ0) is 20.9. The third-order valence-electron chi connectivity index (χ3n) is 6.09. The van der Waals surface area contributed by atoms with Gasteiger partial charge in [0, 0.05) is 12.0 Å². The van der Waals surface area contributed by atoms with Crippen LogP contribution >= 0.6 is 0 Å². The molecule has 2 saturated carbocycles. The normalized spacial score (nSPS) is 21.1. The quantitative estimate of drug-likeness (QED) is 0.624.